The van der Waals surface area contributed by atoms with Crippen LogP contribution >= 0.6 is 0 Å². The molecule has 3 aromatic carbocycles. The lowest BCUT2D eigenvalue weighted by Gasteiger charge is -2.30. The first kappa shape index (κ1) is 13.2. The van der Waals surface area contributed by atoms with E-state index in [9.17, 15) is 5.11 Å². The van der Waals surface area contributed by atoms with Gasteiger partial charge in [-0.3, -0.25) is 4.57 Å². The number of imidazole rings is 1. The number of para-hydroxylation sites is 3. The minimum atomic E-state index is -0.0668. The van der Waals surface area contributed by atoms with E-state index in [4.69, 9.17) is 4.98 Å². The molecule has 0 saturated heterocycles. The van der Waals surface area contributed by atoms with Crippen molar-refractivity contribution in [3.05, 3.63) is 78.4 Å². The van der Waals surface area contributed by atoms with E-state index >= 15 is 0 Å². The highest BCUT2D eigenvalue weighted by molar-refractivity contribution is 5.86. The number of aromatic hydroxyl groups is 1. The number of phenols is 1. The van der Waals surface area contributed by atoms with E-state index in [1.807, 2.05) is 42.5 Å². The van der Waals surface area contributed by atoms with E-state index in [2.05, 4.69) is 28.1 Å². The van der Waals surface area contributed by atoms with Gasteiger partial charge < -0.3 is 10.4 Å². The number of aromatic nitrogens is 2. The highest BCUT2D eigenvalue weighted by Gasteiger charge is 2.27. The molecule has 1 atom stereocenters. The van der Waals surface area contributed by atoms with Gasteiger partial charge in [-0.1, -0.05) is 36.4 Å². The molecule has 0 radical (unpaired) electrons. The molecule has 0 bridgehead atoms. The van der Waals surface area contributed by atoms with E-state index in [0.29, 0.717) is 0 Å². The van der Waals surface area contributed by atoms with Crippen molar-refractivity contribution < 1.29 is 5.11 Å². The van der Waals surface area contributed by atoms with Gasteiger partial charge in [0.15, 0.2) is 0 Å². The summed E-state index contributed by atoms with van der Waals surface area (Å²) in [5.74, 6) is 1.23. The maximum atomic E-state index is 9.60. The molecule has 0 fully saturated rings. The molecule has 5 rings (SSSR count). The zero-order valence-corrected chi connectivity index (χ0v) is 12.8. The van der Waals surface area contributed by atoms with Crippen LogP contribution in [0.15, 0.2) is 72.8 Å². The molecule has 0 amide bonds. The Bertz CT molecular complexity index is 1050. The lowest BCUT2D eigenvalue weighted by molar-refractivity contribution is 0.474. The second-order valence-corrected chi connectivity index (χ2v) is 5.98. The molecule has 1 aliphatic heterocycles. The number of anilines is 1. The van der Waals surface area contributed by atoms with Gasteiger partial charge in [0.1, 0.15) is 17.7 Å². The summed E-state index contributed by atoms with van der Waals surface area (Å²) < 4.78 is 2.23. The van der Waals surface area contributed by atoms with Gasteiger partial charge in [-0.15, -0.1) is 0 Å². The first-order chi connectivity index (χ1) is 11.8. The smallest absolute Gasteiger partial charge is 0.145 e. The van der Waals surface area contributed by atoms with Crippen LogP contribution in [-0.4, -0.2) is 14.7 Å². The molecule has 0 spiro atoms. The maximum Gasteiger partial charge on any atom is 0.145 e. The van der Waals surface area contributed by atoms with Crippen molar-refractivity contribution in [3.63, 3.8) is 0 Å². The Hall–Kier alpha value is -3.27. The molecule has 1 aromatic heterocycles. The fourth-order valence-corrected chi connectivity index (χ4v) is 3.40. The standard InChI is InChI=1S/C20H15N3O/c24-14-11-9-13(10-12-14)19-21-16-6-2-1-5-15(16)20-22-17-7-3-4-8-18(17)23(19)20/h1-12,19,21,24H. The summed E-state index contributed by atoms with van der Waals surface area (Å²) in [6.45, 7) is 0. The van der Waals surface area contributed by atoms with Crippen molar-refractivity contribution in [3.8, 4) is 17.1 Å². The van der Waals surface area contributed by atoms with Gasteiger partial charge >= 0.3 is 0 Å². The van der Waals surface area contributed by atoms with Gasteiger partial charge in [0.2, 0.25) is 0 Å². The Morgan fingerprint density at radius 2 is 1.62 bits per heavy atom. The van der Waals surface area contributed by atoms with Crippen molar-refractivity contribution in [1.29, 1.82) is 0 Å². The highest BCUT2D eigenvalue weighted by Crippen LogP contribution is 2.40. The van der Waals surface area contributed by atoms with Crippen molar-refractivity contribution >= 4 is 16.7 Å². The van der Waals surface area contributed by atoms with Gasteiger partial charge in [-0.05, 0) is 42.0 Å². The fraction of sp³-hybridized carbons (Fsp3) is 0.0500. The van der Waals surface area contributed by atoms with Gasteiger partial charge in [-0.2, -0.15) is 0 Å². The molecule has 4 aromatic rings. The third-order valence-electron chi connectivity index (χ3n) is 4.52. The number of nitrogens with zero attached hydrogens (tertiary/aromatic N) is 2. The number of rotatable bonds is 1. The zero-order chi connectivity index (χ0) is 16.1. The van der Waals surface area contributed by atoms with Gasteiger partial charge in [0.05, 0.1) is 11.0 Å². The first-order valence-corrected chi connectivity index (χ1v) is 7.93. The van der Waals surface area contributed by atoms with Gasteiger partial charge in [-0.25, -0.2) is 4.98 Å². The maximum absolute atomic E-state index is 9.60. The molecular weight excluding hydrogens is 298 g/mol. The minimum absolute atomic E-state index is 0.0668. The van der Waals surface area contributed by atoms with E-state index in [1.165, 1.54) is 0 Å². The monoisotopic (exact) mass is 313 g/mol. The topological polar surface area (TPSA) is 50.1 Å². The van der Waals surface area contributed by atoms with Crippen LogP contribution in [0.1, 0.15) is 11.7 Å². The van der Waals surface area contributed by atoms with Crippen LogP contribution in [0.5, 0.6) is 5.75 Å². The number of fused-ring (bicyclic) bond motifs is 5. The third-order valence-corrected chi connectivity index (χ3v) is 4.52. The summed E-state index contributed by atoms with van der Waals surface area (Å²) in [6.07, 6.45) is -0.0668. The summed E-state index contributed by atoms with van der Waals surface area (Å²) in [6, 6.07) is 23.7. The summed E-state index contributed by atoms with van der Waals surface area (Å²) in [7, 11) is 0. The van der Waals surface area contributed by atoms with E-state index in [0.717, 1.165) is 33.7 Å². The van der Waals surface area contributed by atoms with Crippen LogP contribution in [0.4, 0.5) is 5.69 Å². The highest BCUT2D eigenvalue weighted by atomic mass is 16.3. The van der Waals surface area contributed by atoms with Crippen LogP contribution in [0.25, 0.3) is 22.4 Å². The molecule has 4 nitrogen and oxygen atoms in total. The summed E-state index contributed by atoms with van der Waals surface area (Å²) in [5, 5.41) is 13.2. The lowest BCUT2D eigenvalue weighted by Crippen LogP contribution is -2.24. The molecular formula is C20H15N3O. The van der Waals surface area contributed by atoms with Crippen LogP contribution in [0.3, 0.4) is 0 Å². The lowest BCUT2D eigenvalue weighted by atomic mass is 10.1. The fourth-order valence-electron chi connectivity index (χ4n) is 3.40. The Morgan fingerprint density at radius 3 is 2.50 bits per heavy atom. The predicted molar refractivity (Wildman–Crippen MR) is 95.0 cm³/mol. The minimum Gasteiger partial charge on any atom is -0.508 e. The number of hydrogen-bond donors (Lipinski definition) is 2. The average molecular weight is 313 g/mol. The number of phenolic OH excluding ortho intramolecular Hbond substituents is 1. The average Bonchev–Trinajstić information content (AvgIpc) is 3.02. The normalized spacial score (nSPS) is 15.6. The van der Waals surface area contributed by atoms with E-state index in [1.54, 1.807) is 12.1 Å². The quantitative estimate of drug-likeness (QED) is 0.548. The van der Waals surface area contributed by atoms with Gasteiger partial charge in [0.25, 0.3) is 0 Å². The molecule has 1 aliphatic rings. The Kier molecular flexibility index (Phi) is 2.67. The van der Waals surface area contributed by atoms with Crippen LogP contribution < -0.4 is 5.32 Å². The van der Waals surface area contributed by atoms with E-state index in [-0.39, 0.29) is 11.9 Å². The van der Waals surface area contributed by atoms with Crippen LogP contribution in [-0.2, 0) is 0 Å². The predicted octanol–water partition coefficient (Wildman–Crippen LogP) is 4.38. The summed E-state index contributed by atoms with van der Waals surface area (Å²) >= 11 is 0. The Labute approximate surface area is 139 Å². The van der Waals surface area contributed by atoms with Crippen molar-refractivity contribution in [2.45, 2.75) is 6.17 Å². The summed E-state index contributed by atoms with van der Waals surface area (Å²) in [4.78, 5) is 4.86. The molecule has 116 valence electrons. The molecule has 0 aliphatic carbocycles. The largest absolute Gasteiger partial charge is 0.508 e. The SMILES string of the molecule is Oc1ccc(C2Nc3ccccc3-c3nc4ccccc4n32)cc1. The molecule has 2 heterocycles. The van der Waals surface area contributed by atoms with Gasteiger partial charge in [0, 0.05) is 11.3 Å². The van der Waals surface area contributed by atoms with Crippen molar-refractivity contribution in [2.75, 3.05) is 5.32 Å². The first-order valence-electron chi connectivity index (χ1n) is 7.93. The van der Waals surface area contributed by atoms with Crippen molar-refractivity contribution in [1.82, 2.24) is 9.55 Å². The second kappa shape index (κ2) is 4.86. The number of benzene rings is 3. The van der Waals surface area contributed by atoms with Crippen molar-refractivity contribution in [2.24, 2.45) is 0 Å². The number of hydrogen-bond acceptors (Lipinski definition) is 3. The zero-order valence-electron chi connectivity index (χ0n) is 12.8. The second-order valence-electron chi connectivity index (χ2n) is 5.98. The number of nitrogens with one attached hydrogen (secondary N) is 1. The molecule has 0 saturated carbocycles. The van der Waals surface area contributed by atoms with Crippen LogP contribution in [0, 0.1) is 0 Å². The Morgan fingerprint density at radius 1 is 0.875 bits per heavy atom. The Balaban J connectivity index is 1.81. The molecule has 1 unspecified atom stereocenters. The third kappa shape index (κ3) is 1.83. The molecule has 4 heteroatoms. The van der Waals surface area contributed by atoms with Crippen LogP contribution in [0.2, 0.25) is 0 Å². The van der Waals surface area contributed by atoms with E-state index < -0.39 is 0 Å². The molecule has 2 N–H and O–H groups in total. The summed E-state index contributed by atoms with van der Waals surface area (Å²) in [5.41, 5.74) is 5.32. The molecule has 24 heavy (non-hydrogen) atoms.